The van der Waals surface area contributed by atoms with Crippen molar-refractivity contribution in [1.82, 2.24) is 9.97 Å². The van der Waals surface area contributed by atoms with E-state index in [2.05, 4.69) is 9.97 Å². The molecule has 0 amide bonds. The zero-order valence-corrected chi connectivity index (χ0v) is 17.2. The lowest BCUT2D eigenvalue weighted by atomic mass is 10.2. The van der Waals surface area contributed by atoms with Gasteiger partial charge in [-0.25, -0.2) is 4.98 Å². The third kappa shape index (κ3) is 4.83. The summed E-state index contributed by atoms with van der Waals surface area (Å²) in [4.78, 5) is 8.91. The molecular formula is C19H15Cl3N2OS. The van der Waals surface area contributed by atoms with Crippen molar-refractivity contribution in [2.24, 2.45) is 0 Å². The van der Waals surface area contributed by atoms with E-state index in [-0.39, 0.29) is 0 Å². The van der Waals surface area contributed by atoms with Crippen LogP contribution in [0.25, 0.3) is 0 Å². The molecule has 0 radical (unpaired) electrons. The van der Waals surface area contributed by atoms with Crippen molar-refractivity contribution in [3.05, 3.63) is 74.4 Å². The summed E-state index contributed by atoms with van der Waals surface area (Å²) < 4.78 is 5.86. The normalized spacial score (nSPS) is 10.8. The quantitative estimate of drug-likeness (QED) is 0.321. The van der Waals surface area contributed by atoms with Gasteiger partial charge in [-0.2, -0.15) is 4.98 Å². The van der Waals surface area contributed by atoms with E-state index >= 15 is 0 Å². The molecule has 3 aromatic rings. The van der Waals surface area contributed by atoms with E-state index in [0.717, 1.165) is 16.8 Å². The van der Waals surface area contributed by atoms with Crippen molar-refractivity contribution in [3.8, 4) is 11.6 Å². The van der Waals surface area contributed by atoms with Gasteiger partial charge in [-0.1, -0.05) is 52.6 Å². The lowest BCUT2D eigenvalue weighted by molar-refractivity contribution is 0.454. The molecule has 0 N–H and O–H groups in total. The molecule has 26 heavy (non-hydrogen) atoms. The first-order valence-electron chi connectivity index (χ1n) is 7.78. The molecule has 0 aliphatic heterocycles. The highest BCUT2D eigenvalue weighted by Gasteiger charge is 2.10. The Balaban J connectivity index is 1.78. The molecule has 2 aromatic carbocycles. The van der Waals surface area contributed by atoms with Crippen molar-refractivity contribution >= 4 is 46.6 Å². The first-order chi connectivity index (χ1) is 12.4. The van der Waals surface area contributed by atoms with Crippen LogP contribution in [-0.2, 0) is 5.75 Å². The van der Waals surface area contributed by atoms with Crippen molar-refractivity contribution < 1.29 is 4.74 Å². The van der Waals surface area contributed by atoms with Crippen LogP contribution in [0, 0.1) is 13.8 Å². The van der Waals surface area contributed by atoms with Gasteiger partial charge < -0.3 is 4.74 Å². The number of benzene rings is 2. The van der Waals surface area contributed by atoms with Crippen LogP contribution in [0.2, 0.25) is 15.1 Å². The highest BCUT2D eigenvalue weighted by molar-refractivity contribution is 7.98. The van der Waals surface area contributed by atoms with E-state index in [0.29, 0.717) is 37.6 Å². The predicted molar refractivity (Wildman–Crippen MR) is 109 cm³/mol. The Kier molecular flexibility index (Phi) is 6.30. The summed E-state index contributed by atoms with van der Waals surface area (Å²) in [6.45, 7) is 3.82. The Bertz CT molecular complexity index is 930. The van der Waals surface area contributed by atoms with Gasteiger partial charge >= 0.3 is 0 Å². The van der Waals surface area contributed by atoms with Gasteiger partial charge in [-0.05, 0) is 55.3 Å². The maximum atomic E-state index is 6.22. The molecule has 0 fully saturated rings. The first kappa shape index (κ1) is 19.3. The Labute approximate surface area is 171 Å². The molecule has 0 saturated heterocycles. The lowest BCUT2D eigenvalue weighted by Gasteiger charge is -2.09. The Hall–Kier alpha value is -1.46. The summed E-state index contributed by atoms with van der Waals surface area (Å²) in [5.74, 6) is 1.73. The van der Waals surface area contributed by atoms with Crippen LogP contribution in [-0.4, -0.2) is 9.97 Å². The molecule has 0 spiro atoms. The average molecular weight is 426 g/mol. The van der Waals surface area contributed by atoms with Crippen molar-refractivity contribution in [2.75, 3.05) is 0 Å². The van der Waals surface area contributed by atoms with Gasteiger partial charge in [0.25, 0.3) is 0 Å². The molecule has 0 atom stereocenters. The molecule has 0 aliphatic rings. The molecule has 0 aliphatic carbocycles. The number of aromatic nitrogens is 2. The molecule has 134 valence electrons. The van der Waals surface area contributed by atoms with E-state index in [4.69, 9.17) is 39.5 Å². The Morgan fingerprint density at radius 2 is 1.65 bits per heavy atom. The third-order valence-electron chi connectivity index (χ3n) is 3.57. The smallest absolute Gasteiger partial charge is 0.223 e. The van der Waals surface area contributed by atoms with Crippen LogP contribution in [0.4, 0.5) is 0 Å². The molecule has 3 nitrogen and oxygen atoms in total. The van der Waals surface area contributed by atoms with Gasteiger partial charge in [0.2, 0.25) is 5.88 Å². The van der Waals surface area contributed by atoms with E-state index < -0.39 is 0 Å². The summed E-state index contributed by atoms with van der Waals surface area (Å²) in [5, 5.41) is 2.56. The summed E-state index contributed by atoms with van der Waals surface area (Å²) >= 11 is 19.9. The second kappa shape index (κ2) is 8.49. The highest BCUT2D eigenvalue weighted by atomic mass is 35.5. The van der Waals surface area contributed by atoms with Crippen LogP contribution < -0.4 is 4.74 Å². The molecule has 0 bridgehead atoms. The number of thioether (sulfide) groups is 1. The number of rotatable bonds is 5. The van der Waals surface area contributed by atoms with Gasteiger partial charge in [0.05, 0.1) is 0 Å². The molecule has 1 heterocycles. The van der Waals surface area contributed by atoms with Crippen molar-refractivity contribution in [3.63, 3.8) is 0 Å². The zero-order valence-electron chi connectivity index (χ0n) is 14.1. The summed E-state index contributed by atoms with van der Waals surface area (Å²) in [5.41, 5.74) is 2.62. The van der Waals surface area contributed by atoms with Crippen LogP contribution in [0.15, 0.2) is 47.6 Å². The maximum Gasteiger partial charge on any atom is 0.223 e. The number of nitrogens with zero attached hydrogens (tertiary/aromatic N) is 2. The van der Waals surface area contributed by atoms with Gasteiger partial charge in [0.1, 0.15) is 5.75 Å². The van der Waals surface area contributed by atoms with E-state index in [1.54, 1.807) is 12.1 Å². The van der Waals surface area contributed by atoms with E-state index in [1.807, 2.05) is 44.2 Å². The monoisotopic (exact) mass is 424 g/mol. The molecule has 0 unspecified atom stereocenters. The predicted octanol–water partition coefficient (Wildman–Crippen LogP) is 7.14. The molecule has 1 aromatic heterocycles. The number of aryl methyl sites for hydroxylation is 2. The van der Waals surface area contributed by atoms with Crippen LogP contribution in [0.1, 0.15) is 16.8 Å². The average Bonchev–Trinajstić information content (AvgIpc) is 2.57. The number of ether oxygens (including phenoxy) is 1. The third-order valence-corrected chi connectivity index (χ3v) is 5.58. The number of hydrogen-bond acceptors (Lipinski definition) is 4. The van der Waals surface area contributed by atoms with E-state index in [9.17, 15) is 0 Å². The fourth-order valence-electron chi connectivity index (χ4n) is 2.24. The highest BCUT2D eigenvalue weighted by Crippen LogP contribution is 2.32. The number of hydrogen-bond donors (Lipinski definition) is 0. The Morgan fingerprint density at radius 1 is 0.923 bits per heavy atom. The number of halogens is 3. The van der Waals surface area contributed by atoms with Crippen LogP contribution in [0.3, 0.4) is 0 Å². The zero-order chi connectivity index (χ0) is 18.7. The SMILES string of the molecule is Cc1cc(Oc2ccc(Cl)c(C)c2)nc(SCc2c(Cl)cccc2Cl)n1. The van der Waals surface area contributed by atoms with Gasteiger partial charge in [-0.15, -0.1) is 0 Å². The van der Waals surface area contributed by atoms with Gasteiger partial charge in [0, 0.05) is 32.6 Å². The largest absolute Gasteiger partial charge is 0.439 e. The molecule has 7 heteroatoms. The summed E-state index contributed by atoms with van der Waals surface area (Å²) in [7, 11) is 0. The standard InChI is InChI=1S/C19H15Cl3N2OS/c1-11-8-13(6-7-15(11)20)25-18-9-12(2)23-19(24-18)26-10-14-16(21)4-3-5-17(14)22/h3-9H,10H2,1-2H3. The van der Waals surface area contributed by atoms with E-state index in [1.165, 1.54) is 11.8 Å². The second-order valence-electron chi connectivity index (χ2n) is 5.63. The molecular weight excluding hydrogens is 411 g/mol. The Morgan fingerprint density at radius 3 is 2.35 bits per heavy atom. The van der Waals surface area contributed by atoms with Crippen molar-refractivity contribution in [2.45, 2.75) is 24.8 Å². The summed E-state index contributed by atoms with van der Waals surface area (Å²) in [6, 6.07) is 12.7. The minimum atomic E-state index is 0.479. The van der Waals surface area contributed by atoms with Crippen LogP contribution in [0.5, 0.6) is 11.6 Å². The van der Waals surface area contributed by atoms with Crippen molar-refractivity contribution in [1.29, 1.82) is 0 Å². The molecule has 0 saturated carbocycles. The minimum Gasteiger partial charge on any atom is -0.439 e. The first-order valence-corrected chi connectivity index (χ1v) is 9.89. The van der Waals surface area contributed by atoms with Gasteiger partial charge in [-0.3, -0.25) is 0 Å². The van der Waals surface area contributed by atoms with Gasteiger partial charge in [0.15, 0.2) is 5.16 Å². The minimum absolute atomic E-state index is 0.479. The molecule has 3 rings (SSSR count). The fraction of sp³-hybridized carbons (Fsp3) is 0.158. The topological polar surface area (TPSA) is 35.0 Å². The summed E-state index contributed by atoms with van der Waals surface area (Å²) in [6.07, 6.45) is 0. The fourth-order valence-corrected chi connectivity index (χ4v) is 3.99. The maximum absolute atomic E-state index is 6.22. The lowest BCUT2D eigenvalue weighted by Crippen LogP contribution is -1.96. The second-order valence-corrected chi connectivity index (χ2v) is 7.80. The van der Waals surface area contributed by atoms with Crippen LogP contribution >= 0.6 is 46.6 Å².